The molecule has 0 fully saturated rings. The van der Waals surface area contributed by atoms with Gasteiger partial charge in [-0.3, -0.25) is 0 Å². The highest BCUT2D eigenvalue weighted by molar-refractivity contribution is 6.30. The van der Waals surface area contributed by atoms with Crippen LogP contribution in [0.25, 0.3) is 5.69 Å². The molecule has 0 aliphatic rings. The van der Waals surface area contributed by atoms with Crippen LogP contribution in [-0.2, 0) is 6.42 Å². The maximum absolute atomic E-state index is 12.0. The number of carbonyl (C=O) groups excluding carboxylic acids is 1. The summed E-state index contributed by atoms with van der Waals surface area (Å²) in [4.78, 5) is 12.0. The first-order chi connectivity index (χ1) is 10.7. The lowest BCUT2D eigenvalue weighted by atomic mass is 10.3. The SMILES string of the molecule is CCc1cc(OC(=O)c2ccco2)n(-c2ccc(Cl)cc2)n1. The van der Waals surface area contributed by atoms with Gasteiger partial charge in [-0.2, -0.15) is 5.10 Å². The Balaban J connectivity index is 1.94. The molecule has 0 N–H and O–H groups in total. The number of ether oxygens (including phenoxy) is 1. The molecule has 3 rings (SSSR count). The Hall–Kier alpha value is -2.53. The van der Waals surface area contributed by atoms with Gasteiger partial charge in [0.15, 0.2) is 0 Å². The summed E-state index contributed by atoms with van der Waals surface area (Å²) in [6.45, 7) is 1.98. The van der Waals surface area contributed by atoms with E-state index in [1.165, 1.54) is 6.26 Å². The fourth-order valence-corrected chi connectivity index (χ4v) is 2.09. The van der Waals surface area contributed by atoms with Crippen molar-refractivity contribution in [3.63, 3.8) is 0 Å². The Kier molecular flexibility index (Phi) is 3.98. The zero-order valence-electron chi connectivity index (χ0n) is 11.8. The lowest BCUT2D eigenvalue weighted by Gasteiger charge is -2.07. The van der Waals surface area contributed by atoms with Gasteiger partial charge in [0, 0.05) is 11.1 Å². The van der Waals surface area contributed by atoms with Crippen LogP contribution in [-0.4, -0.2) is 15.7 Å². The van der Waals surface area contributed by atoms with Gasteiger partial charge in [0.05, 0.1) is 17.6 Å². The Morgan fingerprint density at radius 3 is 2.73 bits per heavy atom. The van der Waals surface area contributed by atoms with Crippen LogP contribution in [0.15, 0.2) is 53.1 Å². The minimum Gasteiger partial charge on any atom is -0.457 e. The van der Waals surface area contributed by atoms with Crippen molar-refractivity contribution in [2.75, 3.05) is 0 Å². The molecular weight excluding hydrogens is 304 g/mol. The highest BCUT2D eigenvalue weighted by atomic mass is 35.5. The highest BCUT2D eigenvalue weighted by Crippen LogP contribution is 2.22. The summed E-state index contributed by atoms with van der Waals surface area (Å²) in [5.41, 5.74) is 1.57. The van der Waals surface area contributed by atoms with Crippen molar-refractivity contribution in [3.8, 4) is 11.6 Å². The van der Waals surface area contributed by atoms with Crippen LogP contribution in [0.2, 0.25) is 5.02 Å². The molecule has 2 heterocycles. The van der Waals surface area contributed by atoms with E-state index in [1.54, 1.807) is 47.1 Å². The first-order valence-corrected chi connectivity index (χ1v) is 7.15. The first-order valence-electron chi connectivity index (χ1n) is 6.78. The molecule has 2 aromatic heterocycles. The van der Waals surface area contributed by atoms with Crippen LogP contribution in [0.5, 0.6) is 5.88 Å². The molecule has 6 heteroatoms. The number of furan rings is 1. The molecule has 0 unspecified atom stereocenters. The van der Waals surface area contributed by atoms with Crippen molar-refractivity contribution in [2.45, 2.75) is 13.3 Å². The molecule has 0 saturated carbocycles. The van der Waals surface area contributed by atoms with E-state index in [2.05, 4.69) is 5.10 Å². The van der Waals surface area contributed by atoms with E-state index in [0.29, 0.717) is 10.9 Å². The van der Waals surface area contributed by atoms with Crippen LogP contribution in [0, 0.1) is 0 Å². The van der Waals surface area contributed by atoms with Crippen LogP contribution < -0.4 is 4.74 Å². The van der Waals surface area contributed by atoms with E-state index in [4.69, 9.17) is 20.8 Å². The number of rotatable bonds is 4. The van der Waals surface area contributed by atoms with Gasteiger partial charge in [-0.05, 0) is 42.8 Å². The summed E-state index contributed by atoms with van der Waals surface area (Å²) in [6.07, 6.45) is 2.15. The number of esters is 1. The Morgan fingerprint density at radius 2 is 2.09 bits per heavy atom. The minimum atomic E-state index is -0.567. The lowest BCUT2D eigenvalue weighted by Crippen LogP contribution is -2.10. The summed E-state index contributed by atoms with van der Waals surface area (Å²) in [5, 5.41) is 5.05. The zero-order valence-corrected chi connectivity index (χ0v) is 12.6. The molecule has 3 aromatic rings. The fraction of sp³-hybridized carbons (Fsp3) is 0.125. The van der Waals surface area contributed by atoms with Crippen molar-refractivity contribution >= 4 is 17.6 Å². The molecular formula is C16H13ClN2O3. The Bertz CT molecular complexity index is 776. The predicted octanol–water partition coefficient (Wildman–Crippen LogP) is 3.90. The van der Waals surface area contributed by atoms with Crippen molar-refractivity contribution < 1.29 is 13.9 Å². The Morgan fingerprint density at radius 1 is 1.32 bits per heavy atom. The standard InChI is InChI=1S/C16H13ClN2O3/c1-2-12-10-15(22-16(20)14-4-3-9-21-14)19(18-12)13-7-5-11(17)6-8-13/h3-10H,2H2,1H3. The van der Waals surface area contributed by atoms with Gasteiger partial charge in [0.1, 0.15) is 0 Å². The monoisotopic (exact) mass is 316 g/mol. The molecule has 0 atom stereocenters. The Labute approximate surface area is 132 Å². The summed E-state index contributed by atoms with van der Waals surface area (Å²) in [6, 6.07) is 12.0. The lowest BCUT2D eigenvalue weighted by molar-refractivity contribution is 0.0689. The van der Waals surface area contributed by atoms with E-state index >= 15 is 0 Å². The molecule has 0 aliphatic heterocycles. The summed E-state index contributed by atoms with van der Waals surface area (Å²) < 4.78 is 12.0. The molecule has 0 aliphatic carbocycles. The van der Waals surface area contributed by atoms with Gasteiger partial charge >= 0.3 is 5.97 Å². The molecule has 1 aromatic carbocycles. The van der Waals surface area contributed by atoms with Gasteiger partial charge in [-0.25, -0.2) is 9.48 Å². The van der Waals surface area contributed by atoms with Gasteiger partial charge in [-0.15, -0.1) is 0 Å². The summed E-state index contributed by atoms with van der Waals surface area (Å²) in [7, 11) is 0. The average molecular weight is 317 g/mol. The maximum Gasteiger partial charge on any atom is 0.380 e. The molecule has 0 radical (unpaired) electrons. The number of hydrogen-bond acceptors (Lipinski definition) is 4. The number of aryl methyl sites for hydroxylation is 1. The molecule has 0 spiro atoms. The number of carbonyl (C=O) groups is 1. The van der Waals surface area contributed by atoms with Crippen molar-refractivity contribution in [2.24, 2.45) is 0 Å². The van der Waals surface area contributed by atoms with Crippen molar-refractivity contribution in [1.29, 1.82) is 0 Å². The number of benzene rings is 1. The van der Waals surface area contributed by atoms with Gasteiger partial charge in [-0.1, -0.05) is 18.5 Å². The minimum absolute atomic E-state index is 0.141. The topological polar surface area (TPSA) is 57.3 Å². The molecule has 5 nitrogen and oxygen atoms in total. The number of hydrogen-bond donors (Lipinski definition) is 0. The van der Waals surface area contributed by atoms with Gasteiger partial charge in [0.2, 0.25) is 11.6 Å². The predicted molar refractivity (Wildman–Crippen MR) is 81.6 cm³/mol. The largest absolute Gasteiger partial charge is 0.457 e. The highest BCUT2D eigenvalue weighted by Gasteiger charge is 2.17. The molecule has 22 heavy (non-hydrogen) atoms. The van der Waals surface area contributed by atoms with Gasteiger partial charge < -0.3 is 9.15 Å². The van der Waals surface area contributed by atoms with E-state index in [0.717, 1.165) is 17.8 Å². The van der Waals surface area contributed by atoms with Crippen molar-refractivity contribution in [3.05, 3.63) is 65.2 Å². The van der Waals surface area contributed by atoms with E-state index in [-0.39, 0.29) is 5.76 Å². The van der Waals surface area contributed by atoms with E-state index in [9.17, 15) is 4.79 Å². The number of nitrogens with zero attached hydrogens (tertiary/aromatic N) is 2. The zero-order chi connectivity index (χ0) is 15.5. The second-order valence-corrected chi connectivity index (χ2v) is 5.02. The third-order valence-corrected chi connectivity index (χ3v) is 3.33. The summed E-state index contributed by atoms with van der Waals surface area (Å²) >= 11 is 5.90. The normalized spacial score (nSPS) is 10.6. The van der Waals surface area contributed by atoms with E-state index < -0.39 is 5.97 Å². The van der Waals surface area contributed by atoms with Crippen LogP contribution in [0.3, 0.4) is 0 Å². The molecule has 0 amide bonds. The van der Waals surface area contributed by atoms with Gasteiger partial charge in [0.25, 0.3) is 0 Å². The summed E-state index contributed by atoms with van der Waals surface area (Å²) in [5.74, 6) is -0.0924. The third kappa shape index (κ3) is 2.89. The smallest absolute Gasteiger partial charge is 0.380 e. The quantitative estimate of drug-likeness (QED) is 0.685. The van der Waals surface area contributed by atoms with Crippen LogP contribution in [0.4, 0.5) is 0 Å². The average Bonchev–Trinajstić information content (AvgIpc) is 3.17. The van der Waals surface area contributed by atoms with Crippen LogP contribution in [0.1, 0.15) is 23.2 Å². The molecule has 112 valence electrons. The second-order valence-electron chi connectivity index (χ2n) is 4.58. The number of halogens is 1. The third-order valence-electron chi connectivity index (χ3n) is 3.08. The van der Waals surface area contributed by atoms with Crippen molar-refractivity contribution in [1.82, 2.24) is 9.78 Å². The fourth-order valence-electron chi connectivity index (χ4n) is 1.96. The molecule has 0 saturated heterocycles. The molecule has 0 bridgehead atoms. The van der Waals surface area contributed by atoms with E-state index in [1.807, 2.05) is 6.92 Å². The first kappa shape index (κ1) is 14.4. The number of aromatic nitrogens is 2. The maximum atomic E-state index is 12.0. The van der Waals surface area contributed by atoms with Crippen LogP contribution >= 0.6 is 11.6 Å². The second kappa shape index (κ2) is 6.07.